The first-order valence-electron chi connectivity index (χ1n) is 4.85. The van der Waals surface area contributed by atoms with Crippen LogP contribution in [0.15, 0.2) is 12.5 Å². The smallest absolute Gasteiger partial charge is 0.161 e. The lowest BCUT2D eigenvalue weighted by Crippen LogP contribution is -2.03. The van der Waals surface area contributed by atoms with Crippen molar-refractivity contribution in [3.63, 3.8) is 0 Å². The Morgan fingerprint density at radius 2 is 2.27 bits per heavy atom. The van der Waals surface area contributed by atoms with E-state index in [1.54, 1.807) is 10.9 Å². The van der Waals surface area contributed by atoms with Gasteiger partial charge in [0.2, 0.25) is 0 Å². The van der Waals surface area contributed by atoms with E-state index in [9.17, 15) is 4.79 Å². The van der Waals surface area contributed by atoms with Crippen molar-refractivity contribution in [2.75, 3.05) is 0 Å². The van der Waals surface area contributed by atoms with Gasteiger partial charge in [0.1, 0.15) is 12.1 Å². The van der Waals surface area contributed by atoms with Crippen molar-refractivity contribution in [2.45, 2.75) is 19.8 Å². The average Bonchev–Trinajstić information content (AvgIpc) is 2.62. The van der Waals surface area contributed by atoms with Crippen LogP contribution in [0.25, 0.3) is 11.0 Å². The van der Waals surface area contributed by atoms with Gasteiger partial charge in [0.25, 0.3) is 0 Å². The third-order valence-corrected chi connectivity index (χ3v) is 2.37. The van der Waals surface area contributed by atoms with Gasteiger partial charge in [0, 0.05) is 19.9 Å². The molecule has 0 aliphatic heterocycles. The number of aryl methyl sites for hydroxylation is 1. The van der Waals surface area contributed by atoms with Gasteiger partial charge in [-0.05, 0) is 0 Å². The molecule has 15 heavy (non-hydrogen) atoms. The maximum absolute atomic E-state index is 11.3. The van der Waals surface area contributed by atoms with Crippen LogP contribution in [0.5, 0.6) is 0 Å². The number of rotatable bonds is 3. The van der Waals surface area contributed by atoms with Gasteiger partial charge in [0.15, 0.2) is 5.65 Å². The van der Waals surface area contributed by atoms with E-state index in [-0.39, 0.29) is 5.78 Å². The fourth-order valence-electron chi connectivity index (χ4n) is 1.46. The monoisotopic (exact) mass is 204 g/mol. The van der Waals surface area contributed by atoms with Crippen LogP contribution >= 0.6 is 0 Å². The zero-order chi connectivity index (χ0) is 10.8. The second-order valence-corrected chi connectivity index (χ2v) is 3.39. The number of fused-ring (bicyclic) bond motifs is 1. The van der Waals surface area contributed by atoms with Gasteiger partial charge < -0.3 is 0 Å². The molecule has 0 aliphatic carbocycles. The second kappa shape index (κ2) is 3.76. The fourth-order valence-corrected chi connectivity index (χ4v) is 1.46. The van der Waals surface area contributed by atoms with E-state index >= 15 is 0 Å². The summed E-state index contributed by atoms with van der Waals surface area (Å²) in [7, 11) is 1.82. The highest BCUT2D eigenvalue weighted by Gasteiger charge is 2.10. The molecular formula is C10H12N4O. The molecule has 5 nitrogen and oxygen atoms in total. The first-order valence-corrected chi connectivity index (χ1v) is 4.85. The van der Waals surface area contributed by atoms with Gasteiger partial charge >= 0.3 is 0 Å². The van der Waals surface area contributed by atoms with Gasteiger partial charge in [0.05, 0.1) is 17.3 Å². The highest BCUT2D eigenvalue weighted by Crippen LogP contribution is 2.13. The molecule has 0 atom stereocenters. The van der Waals surface area contributed by atoms with Crippen LogP contribution in [-0.4, -0.2) is 25.5 Å². The van der Waals surface area contributed by atoms with Crippen LogP contribution in [0.3, 0.4) is 0 Å². The minimum atomic E-state index is 0.179. The minimum absolute atomic E-state index is 0.179. The summed E-state index contributed by atoms with van der Waals surface area (Å²) in [5.41, 5.74) is 1.53. The van der Waals surface area contributed by atoms with Crippen LogP contribution < -0.4 is 0 Å². The zero-order valence-corrected chi connectivity index (χ0v) is 8.77. The molecule has 0 N–H and O–H groups in total. The summed E-state index contributed by atoms with van der Waals surface area (Å²) in [6.07, 6.45) is 4.07. The molecule has 0 unspecified atom stereocenters. The van der Waals surface area contributed by atoms with Gasteiger partial charge in [-0.2, -0.15) is 5.10 Å². The van der Waals surface area contributed by atoms with Crippen LogP contribution in [0.2, 0.25) is 0 Å². The topological polar surface area (TPSA) is 60.7 Å². The van der Waals surface area contributed by atoms with Crippen LogP contribution in [-0.2, 0) is 18.3 Å². The maximum Gasteiger partial charge on any atom is 0.161 e. The summed E-state index contributed by atoms with van der Waals surface area (Å²) in [6.45, 7) is 1.85. The van der Waals surface area contributed by atoms with Crippen molar-refractivity contribution in [1.29, 1.82) is 0 Å². The predicted octanol–water partition coefficient (Wildman–Crippen LogP) is 0.885. The predicted molar refractivity (Wildman–Crippen MR) is 55.3 cm³/mol. The SMILES string of the molecule is CCC(=O)Cc1ncnc2c1cnn2C. The molecule has 0 spiro atoms. The van der Waals surface area contributed by atoms with E-state index < -0.39 is 0 Å². The Bertz CT molecular complexity index is 503. The summed E-state index contributed by atoms with van der Waals surface area (Å²) >= 11 is 0. The number of ketones is 1. The molecule has 2 heterocycles. The largest absolute Gasteiger partial charge is 0.299 e. The molecule has 0 saturated carbocycles. The average molecular weight is 204 g/mol. The third kappa shape index (κ3) is 1.72. The zero-order valence-electron chi connectivity index (χ0n) is 8.77. The number of carbonyl (C=O) groups excluding carboxylic acids is 1. The Labute approximate surface area is 87.1 Å². The molecule has 2 aromatic heterocycles. The maximum atomic E-state index is 11.3. The molecule has 0 radical (unpaired) electrons. The molecule has 0 fully saturated rings. The third-order valence-electron chi connectivity index (χ3n) is 2.37. The molecule has 0 aliphatic rings. The van der Waals surface area contributed by atoms with Crippen molar-refractivity contribution in [3.05, 3.63) is 18.2 Å². The fraction of sp³-hybridized carbons (Fsp3) is 0.400. The van der Waals surface area contributed by atoms with E-state index in [0.717, 1.165) is 16.7 Å². The van der Waals surface area contributed by atoms with Gasteiger partial charge in [-0.3, -0.25) is 9.48 Å². The lowest BCUT2D eigenvalue weighted by atomic mass is 10.1. The molecule has 0 amide bonds. The summed E-state index contributed by atoms with van der Waals surface area (Å²) in [5.74, 6) is 0.179. The Morgan fingerprint density at radius 3 is 3.00 bits per heavy atom. The molecular weight excluding hydrogens is 192 g/mol. The van der Waals surface area contributed by atoms with Crippen molar-refractivity contribution < 1.29 is 4.79 Å². The number of hydrogen-bond acceptors (Lipinski definition) is 4. The molecule has 0 bridgehead atoms. The van der Waals surface area contributed by atoms with Crippen molar-refractivity contribution in [1.82, 2.24) is 19.7 Å². The quantitative estimate of drug-likeness (QED) is 0.744. The first-order chi connectivity index (χ1) is 7.22. The van der Waals surface area contributed by atoms with Crippen molar-refractivity contribution in [3.8, 4) is 0 Å². The Balaban J connectivity index is 2.47. The first kappa shape index (κ1) is 9.76. The van der Waals surface area contributed by atoms with Crippen LogP contribution in [0.1, 0.15) is 19.0 Å². The van der Waals surface area contributed by atoms with Crippen molar-refractivity contribution >= 4 is 16.8 Å². The second-order valence-electron chi connectivity index (χ2n) is 3.39. The van der Waals surface area contributed by atoms with E-state index in [0.29, 0.717) is 12.8 Å². The molecule has 2 aromatic rings. The lowest BCUT2D eigenvalue weighted by molar-refractivity contribution is -0.118. The minimum Gasteiger partial charge on any atom is -0.299 e. The number of nitrogens with zero attached hydrogens (tertiary/aromatic N) is 4. The number of hydrogen-bond donors (Lipinski definition) is 0. The van der Waals surface area contributed by atoms with Gasteiger partial charge in [-0.1, -0.05) is 6.92 Å². The molecule has 5 heteroatoms. The highest BCUT2D eigenvalue weighted by molar-refractivity contribution is 5.86. The normalized spacial score (nSPS) is 10.8. The van der Waals surface area contributed by atoms with Crippen LogP contribution in [0.4, 0.5) is 0 Å². The Morgan fingerprint density at radius 1 is 1.47 bits per heavy atom. The molecule has 0 aromatic carbocycles. The van der Waals surface area contributed by atoms with E-state index in [2.05, 4.69) is 15.1 Å². The van der Waals surface area contributed by atoms with Crippen LogP contribution in [0, 0.1) is 0 Å². The number of aromatic nitrogens is 4. The molecule has 0 saturated heterocycles. The summed E-state index contributed by atoms with van der Waals surface area (Å²) < 4.78 is 1.68. The van der Waals surface area contributed by atoms with Gasteiger partial charge in [-0.25, -0.2) is 9.97 Å². The summed E-state index contributed by atoms with van der Waals surface area (Å²) in [5, 5.41) is 4.96. The summed E-state index contributed by atoms with van der Waals surface area (Å²) in [6, 6.07) is 0. The molecule has 2 rings (SSSR count). The summed E-state index contributed by atoms with van der Waals surface area (Å²) in [4.78, 5) is 19.6. The lowest BCUT2D eigenvalue weighted by Gasteiger charge is -1.99. The number of Topliss-reactive ketones (excluding diaryl/α,β-unsaturated/α-hetero) is 1. The Kier molecular flexibility index (Phi) is 2.45. The van der Waals surface area contributed by atoms with E-state index in [4.69, 9.17) is 0 Å². The van der Waals surface area contributed by atoms with E-state index in [1.165, 1.54) is 6.33 Å². The standard InChI is InChI=1S/C10H12N4O/c1-3-7(15)4-9-8-5-13-14(2)10(8)12-6-11-9/h5-6H,3-4H2,1-2H3. The number of carbonyl (C=O) groups is 1. The molecule has 78 valence electrons. The van der Waals surface area contributed by atoms with Crippen molar-refractivity contribution in [2.24, 2.45) is 7.05 Å². The Hall–Kier alpha value is -1.78. The highest BCUT2D eigenvalue weighted by atomic mass is 16.1. The van der Waals surface area contributed by atoms with Gasteiger partial charge in [-0.15, -0.1) is 0 Å². The van der Waals surface area contributed by atoms with E-state index in [1.807, 2.05) is 14.0 Å².